The highest BCUT2D eigenvalue weighted by Gasteiger charge is 2.16. The van der Waals surface area contributed by atoms with Crippen LogP contribution in [0.25, 0.3) is 0 Å². The van der Waals surface area contributed by atoms with Crippen LogP contribution in [0.5, 0.6) is 0 Å². The third kappa shape index (κ3) is 7.96. The Morgan fingerprint density at radius 3 is 2.88 bits per heavy atom. The van der Waals surface area contributed by atoms with Crippen molar-refractivity contribution in [1.82, 2.24) is 0 Å². The number of aryl methyl sites for hydroxylation is 1. The minimum atomic E-state index is -0.0909. The summed E-state index contributed by atoms with van der Waals surface area (Å²) in [5.41, 5.74) is 1.41. The van der Waals surface area contributed by atoms with Gasteiger partial charge in [-0.3, -0.25) is 4.79 Å². The number of ether oxygens (including phenoxy) is 1. The molecule has 0 spiro atoms. The maximum Gasteiger partial charge on any atom is 0.305 e. The number of carbonyl (C=O) groups excluding carboxylic acids is 1. The summed E-state index contributed by atoms with van der Waals surface area (Å²) in [7, 11) is 1.46. The first-order valence-corrected chi connectivity index (χ1v) is 10.4. The number of allylic oxidation sites excluding steroid dienone is 4. The van der Waals surface area contributed by atoms with Gasteiger partial charge in [-0.2, -0.15) is 0 Å². The summed E-state index contributed by atoms with van der Waals surface area (Å²) in [5, 5.41) is 0. The number of benzene rings is 1. The number of methoxy groups -OCH3 is 1. The molecule has 2 nitrogen and oxygen atoms in total. The van der Waals surface area contributed by atoms with E-state index in [4.69, 9.17) is 0 Å². The highest BCUT2D eigenvalue weighted by atomic mass is 32.2. The van der Waals surface area contributed by atoms with Crippen LogP contribution in [-0.2, 0) is 16.0 Å². The summed E-state index contributed by atoms with van der Waals surface area (Å²) in [6.45, 7) is 0. The number of hydrogen-bond acceptors (Lipinski definition) is 3. The molecule has 0 heterocycles. The lowest BCUT2D eigenvalue weighted by molar-refractivity contribution is -0.140. The van der Waals surface area contributed by atoms with E-state index >= 15 is 0 Å². The van der Waals surface area contributed by atoms with Gasteiger partial charge in [0.15, 0.2) is 0 Å². The number of thioether (sulfide) groups is 1. The van der Waals surface area contributed by atoms with E-state index in [0.717, 1.165) is 31.4 Å². The van der Waals surface area contributed by atoms with Gasteiger partial charge in [0, 0.05) is 12.3 Å². The molecule has 0 aromatic heterocycles. The van der Waals surface area contributed by atoms with Gasteiger partial charge in [0.05, 0.1) is 7.11 Å². The van der Waals surface area contributed by atoms with Crippen LogP contribution in [0.3, 0.4) is 0 Å². The summed E-state index contributed by atoms with van der Waals surface area (Å²) >= 11 is 2.00. The Bertz CT molecular complexity index is 563. The standard InChI is InChI=1S/C22H30O2S/c1-24-22(23)17-6-3-9-18-25-21-16-10-15-20(21)14-8-7-13-19-11-4-2-5-12-19/h2,4-5,8,11-12,14,16,20H,3,6-7,9-10,13,15,17-18H2,1H3/b14-8+. The Hall–Kier alpha value is -1.48. The van der Waals surface area contributed by atoms with E-state index in [1.165, 1.54) is 31.9 Å². The predicted octanol–water partition coefficient (Wildman–Crippen LogP) is 5.94. The minimum Gasteiger partial charge on any atom is -0.469 e. The van der Waals surface area contributed by atoms with Crippen molar-refractivity contribution in [1.29, 1.82) is 0 Å². The maximum atomic E-state index is 11.1. The lowest BCUT2D eigenvalue weighted by Crippen LogP contribution is -1.99. The van der Waals surface area contributed by atoms with Gasteiger partial charge in [0.2, 0.25) is 0 Å². The summed E-state index contributed by atoms with van der Waals surface area (Å²) in [6, 6.07) is 10.7. The fraction of sp³-hybridized carbons (Fsp3) is 0.500. The molecule has 1 aliphatic carbocycles. The molecule has 0 aliphatic heterocycles. The summed E-state index contributed by atoms with van der Waals surface area (Å²) in [4.78, 5) is 12.6. The fourth-order valence-electron chi connectivity index (χ4n) is 3.05. The second-order valence-corrected chi connectivity index (χ2v) is 7.65. The molecule has 0 N–H and O–H groups in total. The summed E-state index contributed by atoms with van der Waals surface area (Å²) in [6.07, 6.45) is 15.6. The van der Waals surface area contributed by atoms with Crippen LogP contribution in [-0.4, -0.2) is 18.8 Å². The Morgan fingerprint density at radius 1 is 1.24 bits per heavy atom. The molecular formula is C22H30O2S. The molecule has 1 aromatic carbocycles. The monoisotopic (exact) mass is 358 g/mol. The quantitative estimate of drug-likeness (QED) is 0.278. The largest absolute Gasteiger partial charge is 0.469 e. The first-order valence-electron chi connectivity index (χ1n) is 9.40. The number of esters is 1. The Labute approximate surface area is 156 Å². The van der Waals surface area contributed by atoms with E-state index in [1.54, 1.807) is 4.91 Å². The third-order valence-electron chi connectivity index (χ3n) is 4.52. The van der Waals surface area contributed by atoms with Crippen LogP contribution in [0.1, 0.15) is 50.5 Å². The van der Waals surface area contributed by atoms with Crippen molar-refractivity contribution in [2.45, 2.75) is 51.4 Å². The molecule has 0 amide bonds. The van der Waals surface area contributed by atoms with Crippen LogP contribution in [0, 0.1) is 5.92 Å². The Morgan fingerprint density at radius 2 is 2.08 bits per heavy atom. The van der Waals surface area contributed by atoms with Crippen LogP contribution in [0.4, 0.5) is 0 Å². The van der Waals surface area contributed by atoms with Crippen molar-refractivity contribution < 1.29 is 9.53 Å². The second kappa shape index (κ2) is 12.0. The number of hydrogen-bond donors (Lipinski definition) is 0. The van der Waals surface area contributed by atoms with E-state index in [2.05, 4.69) is 53.3 Å². The zero-order chi connectivity index (χ0) is 17.7. The molecule has 1 atom stereocenters. The maximum absolute atomic E-state index is 11.1. The molecule has 0 saturated carbocycles. The van der Waals surface area contributed by atoms with Gasteiger partial charge in [-0.15, -0.1) is 11.8 Å². The molecule has 1 aliphatic rings. The van der Waals surface area contributed by atoms with Crippen LogP contribution in [0.2, 0.25) is 0 Å². The predicted molar refractivity (Wildman–Crippen MR) is 108 cm³/mol. The van der Waals surface area contributed by atoms with Crippen molar-refractivity contribution in [2.75, 3.05) is 12.9 Å². The van der Waals surface area contributed by atoms with Crippen molar-refractivity contribution in [3.8, 4) is 0 Å². The smallest absolute Gasteiger partial charge is 0.305 e. The SMILES string of the molecule is COC(=O)CCCCCSC1=CCCC1/C=C/CCc1ccccc1. The Kier molecular flexibility index (Phi) is 9.50. The van der Waals surface area contributed by atoms with Crippen molar-refractivity contribution >= 4 is 17.7 Å². The van der Waals surface area contributed by atoms with Gasteiger partial charge < -0.3 is 4.74 Å². The average Bonchev–Trinajstić information content (AvgIpc) is 3.09. The van der Waals surface area contributed by atoms with Gasteiger partial charge in [-0.25, -0.2) is 0 Å². The first-order chi connectivity index (χ1) is 12.3. The van der Waals surface area contributed by atoms with E-state index in [1.807, 2.05) is 11.8 Å². The van der Waals surface area contributed by atoms with Crippen molar-refractivity contribution in [2.24, 2.45) is 5.92 Å². The highest BCUT2D eigenvalue weighted by Crippen LogP contribution is 2.35. The van der Waals surface area contributed by atoms with Crippen LogP contribution < -0.4 is 0 Å². The van der Waals surface area contributed by atoms with Crippen LogP contribution in [0.15, 0.2) is 53.5 Å². The highest BCUT2D eigenvalue weighted by molar-refractivity contribution is 8.03. The lowest BCUT2D eigenvalue weighted by atomic mass is 10.1. The average molecular weight is 359 g/mol. The topological polar surface area (TPSA) is 26.3 Å². The van der Waals surface area contributed by atoms with Crippen molar-refractivity contribution in [3.05, 3.63) is 59.0 Å². The zero-order valence-corrected chi connectivity index (χ0v) is 16.1. The molecular weight excluding hydrogens is 328 g/mol. The number of rotatable bonds is 11. The number of unbranched alkanes of at least 4 members (excludes halogenated alkanes) is 2. The third-order valence-corrected chi connectivity index (χ3v) is 5.82. The molecule has 136 valence electrons. The molecule has 1 aromatic rings. The minimum absolute atomic E-state index is 0.0909. The molecule has 0 bridgehead atoms. The molecule has 1 unspecified atom stereocenters. The van der Waals surface area contributed by atoms with Gasteiger partial charge in [-0.1, -0.05) is 55.0 Å². The van der Waals surface area contributed by atoms with Gasteiger partial charge in [-0.05, 0) is 54.7 Å². The van der Waals surface area contributed by atoms with Gasteiger partial charge in [0.25, 0.3) is 0 Å². The first kappa shape index (κ1) is 19.8. The lowest BCUT2D eigenvalue weighted by Gasteiger charge is -2.10. The van der Waals surface area contributed by atoms with Gasteiger partial charge in [0.1, 0.15) is 0 Å². The second-order valence-electron chi connectivity index (χ2n) is 6.48. The zero-order valence-electron chi connectivity index (χ0n) is 15.3. The summed E-state index contributed by atoms with van der Waals surface area (Å²) in [5.74, 6) is 1.68. The van der Waals surface area contributed by atoms with E-state index in [-0.39, 0.29) is 5.97 Å². The summed E-state index contributed by atoms with van der Waals surface area (Å²) < 4.78 is 4.67. The van der Waals surface area contributed by atoms with Crippen LogP contribution >= 0.6 is 11.8 Å². The van der Waals surface area contributed by atoms with Gasteiger partial charge >= 0.3 is 5.97 Å². The molecule has 2 rings (SSSR count). The fourth-order valence-corrected chi connectivity index (χ4v) is 4.28. The van der Waals surface area contributed by atoms with E-state index < -0.39 is 0 Å². The number of carbonyl (C=O) groups is 1. The Balaban J connectivity index is 1.59. The molecule has 0 fully saturated rings. The molecule has 0 radical (unpaired) electrons. The molecule has 3 heteroatoms. The normalized spacial score (nSPS) is 17.0. The molecule has 0 saturated heterocycles. The molecule has 25 heavy (non-hydrogen) atoms. The van der Waals surface area contributed by atoms with Crippen molar-refractivity contribution in [3.63, 3.8) is 0 Å². The van der Waals surface area contributed by atoms with E-state index in [0.29, 0.717) is 12.3 Å². The van der Waals surface area contributed by atoms with E-state index in [9.17, 15) is 4.79 Å².